The first-order chi connectivity index (χ1) is 17.0. The normalized spacial score (nSPS) is 33.9. The minimum atomic E-state index is -0.289. The molecule has 0 spiro atoms. The summed E-state index contributed by atoms with van der Waals surface area (Å²) in [6.45, 7) is 2.16. The van der Waals surface area contributed by atoms with Crippen molar-refractivity contribution >= 4 is 5.97 Å². The maximum absolute atomic E-state index is 12.5. The fourth-order valence-electron chi connectivity index (χ4n) is 7.77. The molecule has 35 heavy (non-hydrogen) atoms. The number of esters is 1. The van der Waals surface area contributed by atoms with Crippen LogP contribution >= 0.6 is 0 Å². The van der Waals surface area contributed by atoms with Crippen molar-refractivity contribution in [3.63, 3.8) is 0 Å². The number of hydrogen-bond donors (Lipinski definition) is 2. The van der Waals surface area contributed by atoms with E-state index in [0.29, 0.717) is 17.8 Å². The molecule has 0 heterocycles. The predicted molar refractivity (Wildman–Crippen MR) is 135 cm³/mol. The molecule has 0 aliphatic heterocycles. The van der Waals surface area contributed by atoms with Crippen molar-refractivity contribution < 1.29 is 24.5 Å². The number of carbonyl (C=O) groups is 1. The molecule has 0 saturated heterocycles. The standard InChI is InChI=1S/C30H44O5/c1-2-3-4-7-23(31)11-12-24-25-15-20-6-5-8-28(26(20)16-22(25)17-27(24)32)34-18-30(33)35-29-14-19-9-10-21(29)13-19/h5-6,8,19,21-25,27,29,31-32H,2-4,7,9-18H2,1H3/t19-,21+,22-,23+,24+,25-,27+,29-/m0/s1. The molecule has 2 N–H and O–H groups in total. The average molecular weight is 485 g/mol. The Labute approximate surface area is 210 Å². The molecule has 8 atom stereocenters. The molecule has 0 aromatic heterocycles. The largest absolute Gasteiger partial charge is 0.482 e. The lowest BCUT2D eigenvalue weighted by molar-refractivity contribution is -0.153. The van der Waals surface area contributed by atoms with Gasteiger partial charge in [0.2, 0.25) is 0 Å². The van der Waals surface area contributed by atoms with Crippen molar-refractivity contribution in [2.45, 2.75) is 109 Å². The first-order valence-corrected chi connectivity index (χ1v) is 14.3. The Balaban J connectivity index is 1.15. The van der Waals surface area contributed by atoms with Crippen molar-refractivity contribution in [1.29, 1.82) is 0 Å². The molecule has 5 heteroatoms. The van der Waals surface area contributed by atoms with E-state index in [1.165, 1.54) is 43.2 Å². The van der Waals surface area contributed by atoms with Gasteiger partial charge >= 0.3 is 5.97 Å². The third-order valence-electron chi connectivity index (χ3n) is 9.62. The fraction of sp³-hybridized carbons (Fsp3) is 0.767. The topological polar surface area (TPSA) is 76.0 Å². The molecule has 3 saturated carbocycles. The zero-order valence-electron chi connectivity index (χ0n) is 21.4. The smallest absolute Gasteiger partial charge is 0.344 e. The highest BCUT2D eigenvalue weighted by Gasteiger charge is 2.45. The minimum Gasteiger partial charge on any atom is -0.482 e. The lowest BCUT2D eigenvalue weighted by atomic mass is 9.73. The Kier molecular flexibility index (Phi) is 8.03. The SMILES string of the molecule is CCCCC[C@@H](O)CC[C@@H]1[C@H]2Cc3cccc(OCC(=O)O[C@H]4C[C@H]5CC[C@@H]4C5)c3C[C@H]2C[C@H]1O. The molecule has 3 fully saturated rings. The van der Waals surface area contributed by atoms with Crippen LogP contribution in [0.1, 0.15) is 88.7 Å². The molecule has 0 radical (unpaired) electrons. The van der Waals surface area contributed by atoms with Gasteiger partial charge in [-0.05, 0) is 111 Å². The Morgan fingerprint density at radius 2 is 1.97 bits per heavy atom. The highest BCUT2D eigenvalue weighted by Crippen LogP contribution is 2.49. The average Bonchev–Trinajstić information content (AvgIpc) is 3.54. The van der Waals surface area contributed by atoms with Gasteiger partial charge in [-0.25, -0.2) is 4.79 Å². The van der Waals surface area contributed by atoms with Crippen LogP contribution < -0.4 is 4.74 Å². The summed E-state index contributed by atoms with van der Waals surface area (Å²) in [7, 11) is 0. The number of hydrogen-bond acceptors (Lipinski definition) is 5. The summed E-state index contributed by atoms with van der Waals surface area (Å²) in [6.07, 6.45) is 12.9. The summed E-state index contributed by atoms with van der Waals surface area (Å²) in [4.78, 5) is 12.5. The summed E-state index contributed by atoms with van der Waals surface area (Å²) >= 11 is 0. The van der Waals surface area contributed by atoms with E-state index in [1.807, 2.05) is 12.1 Å². The monoisotopic (exact) mass is 484 g/mol. The zero-order valence-corrected chi connectivity index (χ0v) is 21.4. The highest BCUT2D eigenvalue weighted by atomic mass is 16.6. The quantitative estimate of drug-likeness (QED) is 0.332. The van der Waals surface area contributed by atoms with E-state index in [2.05, 4.69) is 13.0 Å². The predicted octanol–water partition coefficient (Wildman–Crippen LogP) is 5.23. The van der Waals surface area contributed by atoms with E-state index >= 15 is 0 Å². The van der Waals surface area contributed by atoms with Crippen LogP contribution in [0.2, 0.25) is 0 Å². The lowest BCUT2D eigenvalue weighted by Crippen LogP contribution is -2.29. The molecular formula is C30H44O5. The van der Waals surface area contributed by atoms with Crippen molar-refractivity contribution in [1.82, 2.24) is 0 Å². The van der Waals surface area contributed by atoms with Gasteiger partial charge in [-0.3, -0.25) is 0 Å². The number of ether oxygens (including phenoxy) is 2. The molecule has 4 aliphatic rings. The number of carbonyl (C=O) groups excluding carboxylic acids is 1. The molecule has 0 unspecified atom stereocenters. The molecule has 1 aromatic rings. The maximum atomic E-state index is 12.5. The number of rotatable bonds is 11. The van der Waals surface area contributed by atoms with Crippen molar-refractivity contribution in [3.05, 3.63) is 29.3 Å². The first kappa shape index (κ1) is 25.1. The second-order valence-electron chi connectivity index (χ2n) is 11.9. The van der Waals surface area contributed by atoms with Crippen LogP contribution in [-0.2, 0) is 22.4 Å². The number of aliphatic hydroxyl groups is 2. The molecule has 194 valence electrons. The second kappa shape index (κ2) is 11.2. The summed E-state index contributed by atoms with van der Waals surface area (Å²) in [6, 6.07) is 6.17. The molecule has 2 bridgehead atoms. The molecule has 5 nitrogen and oxygen atoms in total. The second-order valence-corrected chi connectivity index (χ2v) is 11.9. The van der Waals surface area contributed by atoms with Crippen LogP contribution in [0.3, 0.4) is 0 Å². The van der Waals surface area contributed by atoms with Gasteiger partial charge in [0.25, 0.3) is 0 Å². The van der Waals surface area contributed by atoms with Crippen molar-refractivity contribution in [2.24, 2.45) is 29.6 Å². The van der Waals surface area contributed by atoms with E-state index in [9.17, 15) is 15.0 Å². The van der Waals surface area contributed by atoms with Gasteiger partial charge < -0.3 is 19.7 Å². The molecule has 0 amide bonds. The van der Waals surface area contributed by atoms with Gasteiger partial charge in [-0.15, -0.1) is 0 Å². The molecule has 4 aliphatic carbocycles. The van der Waals surface area contributed by atoms with Crippen LogP contribution in [0.5, 0.6) is 5.75 Å². The van der Waals surface area contributed by atoms with Gasteiger partial charge in [0.1, 0.15) is 11.9 Å². The Morgan fingerprint density at radius 1 is 1.09 bits per heavy atom. The van der Waals surface area contributed by atoms with Crippen molar-refractivity contribution in [2.75, 3.05) is 6.61 Å². The maximum Gasteiger partial charge on any atom is 0.344 e. The third-order valence-corrected chi connectivity index (χ3v) is 9.62. The molecule has 1 aromatic carbocycles. The third kappa shape index (κ3) is 5.72. The van der Waals surface area contributed by atoms with Crippen LogP contribution in [-0.4, -0.2) is 41.1 Å². The van der Waals surface area contributed by atoms with Gasteiger partial charge in [-0.2, -0.15) is 0 Å². The zero-order chi connectivity index (χ0) is 24.4. The Bertz CT molecular complexity index is 868. The molecular weight excluding hydrogens is 440 g/mol. The van der Waals surface area contributed by atoms with Gasteiger partial charge in [0, 0.05) is 0 Å². The van der Waals surface area contributed by atoms with Crippen LogP contribution in [0, 0.1) is 29.6 Å². The van der Waals surface area contributed by atoms with Gasteiger partial charge in [0.15, 0.2) is 6.61 Å². The number of unbranched alkanes of at least 4 members (excludes halogenated alkanes) is 2. The van der Waals surface area contributed by atoms with Crippen molar-refractivity contribution in [3.8, 4) is 5.75 Å². The molecule has 5 rings (SSSR count). The number of benzene rings is 1. The fourth-order valence-corrected chi connectivity index (χ4v) is 7.77. The van der Waals surface area contributed by atoms with E-state index in [4.69, 9.17) is 9.47 Å². The van der Waals surface area contributed by atoms with E-state index < -0.39 is 0 Å². The lowest BCUT2D eigenvalue weighted by Gasteiger charge is -2.32. The Morgan fingerprint density at radius 3 is 2.74 bits per heavy atom. The van der Waals surface area contributed by atoms with E-state index in [1.54, 1.807) is 0 Å². The van der Waals surface area contributed by atoms with Crippen LogP contribution in [0.25, 0.3) is 0 Å². The van der Waals surface area contributed by atoms with Gasteiger partial charge in [0.05, 0.1) is 12.2 Å². The van der Waals surface area contributed by atoms with Gasteiger partial charge in [-0.1, -0.05) is 38.3 Å². The summed E-state index contributed by atoms with van der Waals surface area (Å²) in [5, 5.41) is 21.3. The van der Waals surface area contributed by atoms with E-state index in [0.717, 1.165) is 63.0 Å². The van der Waals surface area contributed by atoms with Crippen LogP contribution in [0.15, 0.2) is 18.2 Å². The van der Waals surface area contributed by atoms with E-state index in [-0.39, 0.29) is 36.8 Å². The summed E-state index contributed by atoms with van der Waals surface area (Å²) in [5.41, 5.74) is 2.49. The highest BCUT2D eigenvalue weighted by molar-refractivity contribution is 5.71. The minimum absolute atomic E-state index is 0.0282. The Hall–Kier alpha value is -1.59. The first-order valence-electron chi connectivity index (χ1n) is 14.3. The van der Waals surface area contributed by atoms with Crippen LogP contribution in [0.4, 0.5) is 0 Å². The number of fused-ring (bicyclic) bond motifs is 4. The summed E-state index contributed by atoms with van der Waals surface area (Å²) < 4.78 is 11.8. The summed E-state index contributed by atoms with van der Waals surface area (Å²) in [5.74, 6) is 3.02. The number of aliphatic hydroxyl groups excluding tert-OH is 2.